The van der Waals surface area contributed by atoms with Crippen LogP contribution in [0.5, 0.6) is 0 Å². The van der Waals surface area contributed by atoms with Crippen LogP contribution < -0.4 is 0 Å². The Hall–Kier alpha value is -2.20. The summed E-state index contributed by atoms with van der Waals surface area (Å²) >= 11 is 5.75. The average molecular weight is 258 g/mol. The molecule has 0 fully saturated rings. The van der Waals surface area contributed by atoms with Crippen molar-refractivity contribution in [2.45, 2.75) is 0 Å². The van der Waals surface area contributed by atoms with Gasteiger partial charge in [0.1, 0.15) is 0 Å². The zero-order valence-corrected chi connectivity index (χ0v) is 10.0. The monoisotopic (exact) mass is 257 g/mol. The van der Waals surface area contributed by atoms with Crippen LogP contribution in [0.3, 0.4) is 0 Å². The van der Waals surface area contributed by atoms with Crippen LogP contribution in [0.15, 0.2) is 48.7 Å². The topological polar surface area (TPSA) is 47.3 Å². The molecule has 0 aliphatic heterocycles. The van der Waals surface area contributed by atoms with E-state index in [-0.39, 0.29) is 11.1 Å². The number of ketones is 1. The summed E-state index contributed by atoms with van der Waals surface area (Å²) < 4.78 is 1.50. The fraction of sp³-hybridized carbons (Fsp3) is 0. The third-order valence-corrected chi connectivity index (χ3v) is 2.78. The predicted molar refractivity (Wildman–Crippen MR) is 67.9 cm³/mol. The number of nitrogens with zero attached hydrogens (tertiary/aromatic N) is 3. The van der Waals surface area contributed by atoms with Gasteiger partial charge in [0, 0.05) is 11.8 Å². The third-order valence-electron chi connectivity index (χ3n) is 2.62. The lowest BCUT2D eigenvalue weighted by Crippen LogP contribution is -2.04. The number of carbonyl (C=O) groups excluding carboxylic acids is 1. The summed E-state index contributed by atoms with van der Waals surface area (Å²) in [6.07, 6.45) is 1.70. The fourth-order valence-electron chi connectivity index (χ4n) is 1.80. The second kappa shape index (κ2) is 4.23. The van der Waals surface area contributed by atoms with Crippen molar-refractivity contribution in [1.29, 1.82) is 0 Å². The molecule has 0 unspecified atom stereocenters. The van der Waals surface area contributed by atoms with Crippen LogP contribution >= 0.6 is 11.6 Å². The first-order chi connectivity index (χ1) is 8.75. The Morgan fingerprint density at radius 1 is 1.11 bits per heavy atom. The number of hydrogen-bond donors (Lipinski definition) is 0. The van der Waals surface area contributed by atoms with E-state index in [1.54, 1.807) is 30.5 Å². The predicted octanol–water partition coefficient (Wildman–Crippen LogP) is 2.61. The number of aromatic nitrogens is 3. The van der Waals surface area contributed by atoms with E-state index in [0.29, 0.717) is 16.8 Å². The van der Waals surface area contributed by atoms with Crippen molar-refractivity contribution < 1.29 is 4.79 Å². The van der Waals surface area contributed by atoms with Crippen molar-refractivity contribution in [3.05, 3.63) is 65.1 Å². The zero-order chi connectivity index (χ0) is 12.5. The molecule has 0 saturated carbocycles. The van der Waals surface area contributed by atoms with Gasteiger partial charge in [0.2, 0.25) is 5.28 Å². The molecule has 5 heteroatoms. The Morgan fingerprint density at radius 2 is 1.89 bits per heavy atom. The van der Waals surface area contributed by atoms with Gasteiger partial charge in [0.05, 0.1) is 5.56 Å². The van der Waals surface area contributed by atoms with Crippen molar-refractivity contribution in [3.8, 4) is 0 Å². The minimum absolute atomic E-state index is 0.0923. The maximum atomic E-state index is 12.3. The molecule has 3 aromatic rings. The van der Waals surface area contributed by atoms with E-state index in [2.05, 4.69) is 10.1 Å². The molecule has 0 saturated heterocycles. The van der Waals surface area contributed by atoms with Crippen molar-refractivity contribution in [2.24, 2.45) is 0 Å². The Morgan fingerprint density at radius 3 is 2.67 bits per heavy atom. The molecule has 18 heavy (non-hydrogen) atoms. The molecule has 88 valence electrons. The zero-order valence-electron chi connectivity index (χ0n) is 9.25. The van der Waals surface area contributed by atoms with E-state index in [0.717, 1.165) is 0 Å². The van der Waals surface area contributed by atoms with Gasteiger partial charge in [-0.25, -0.2) is 4.52 Å². The minimum atomic E-state index is -0.0923. The van der Waals surface area contributed by atoms with Gasteiger partial charge in [0.15, 0.2) is 11.4 Å². The van der Waals surface area contributed by atoms with Crippen LogP contribution in [-0.2, 0) is 0 Å². The first kappa shape index (κ1) is 10.9. The summed E-state index contributed by atoms with van der Waals surface area (Å²) in [5.41, 5.74) is 1.57. The standard InChI is InChI=1S/C13H8ClN3O/c14-13-15-12-10(7-4-8-17(12)16-13)11(18)9-5-2-1-3-6-9/h1-8H. The lowest BCUT2D eigenvalue weighted by Gasteiger charge is -2.01. The van der Waals surface area contributed by atoms with Gasteiger partial charge in [-0.2, -0.15) is 4.98 Å². The molecule has 2 aromatic heterocycles. The molecule has 1 aromatic carbocycles. The summed E-state index contributed by atoms with van der Waals surface area (Å²) in [5.74, 6) is -0.0923. The Balaban J connectivity index is 2.18. The van der Waals surface area contributed by atoms with E-state index in [1.165, 1.54) is 4.52 Å². The normalized spacial score (nSPS) is 10.7. The molecule has 0 bridgehead atoms. The van der Waals surface area contributed by atoms with Crippen LogP contribution in [0.1, 0.15) is 15.9 Å². The molecule has 0 N–H and O–H groups in total. The number of carbonyl (C=O) groups is 1. The van der Waals surface area contributed by atoms with Gasteiger partial charge < -0.3 is 0 Å². The van der Waals surface area contributed by atoms with Crippen molar-refractivity contribution in [2.75, 3.05) is 0 Å². The van der Waals surface area contributed by atoms with Gasteiger partial charge in [-0.15, -0.1) is 5.10 Å². The largest absolute Gasteiger partial charge is 0.288 e. The van der Waals surface area contributed by atoms with Gasteiger partial charge in [-0.3, -0.25) is 4.79 Å². The highest BCUT2D eigenvalue weighted by molar-refractivity contribution is 6.28. The van der Waals surface area contributed by atoms with Crippen LogP contribution in [0.4, 0.5) is 0 Å². The Kier molecular flexibility index (Phi) is 2.57. The molecular weight excluding hydrogens is 250 g/mol. The molecule has 4 nitrogen and oxygen atoms in total. The van der Waals surface area contributed by atoms with Crippen molar-refractivity contribution >= 4 is 23.0 Å². The summed E-state index contributed by atoms with van der Waals surface area (Å²) in [4.78, 5) is 16.4. The van der Waals surface area contributed by atoms with E-state index in [1.807, 2.05) is 18.2 Å². The second-order valence-corrected chi connectivity index (χ2v) is 4.10. The Bertz CT molecular complexity index is 721. The van der Waals surface area contributed by atoms with Crippen LogP contribution in [-0.4, -0.2) is 20.4 Å². The SMILES string of the molecule is O=C(c1ccccc1)c1cccn2nc(Cl)nc12. The highest BCUT2D eigenvalue weighted by atomic mass is 35.5. The van der Waals surface area contributed by atoms with Crippen molar-refractivity contribution in [3.63, 3.8) is 0 Å². The van der Waals surface area contributed by atoms with Gasteiger partial charge in [-0.1, -0.05) is 30.3 Å². The smallest absolute Gasteiger partial charge is 0.243 e. The van der Waals surface area contributed by atoms with Crippen LogP contribution in [0.2, 0.25) is 5.28 Å². The number of hydrogen-bond acceptors (Lipinski definition) is 3. The number of halogens is 1. The van der Waals surface area contributed by atoms with Crippen LogP contribution in [0.25, 0.3) is 5.65 Å². The number of rotatable bonds is 2. The minimum Gasteiger partial charge on any atom is -0.288 e. The number of fused-ring (bicyclic) bond motifs is 1. The molecule has 0 spiro atoms. The molecule has 0 radical (unpaired) electrons. The highest BCUT2D eigenvalue weighted by Crippen LogP contribution is 2.15. The van der Waals surface area contributed by atoms with Gasteiger partial charge in [0.25, 0.3) is 0 Å². The average Bonchev–Trinajstić information content (AvgIpc) is 2.79. The van der Waals surface area contributed by atoms with E-state index in [4.69, 9.17) is 11.6 Å². The van der Waals surface area contributed by atoms with Crippen molar-refractivity contribution in [1.82, 2.24) is 14.6 Å². The summed E-state index contributed by atoms with van der Waals surface area (Å²) in [5, 5.41) is 4.10. The first-order valence-electron chi connectivity index (χ1n) is 5.36. The van der Waals surface area contributed by atoms with E-state index in [9.17, 15) is 4.79 Å². The maximum absolute atomic E-state index is 12.3. The molecule has 0 atom stereocenters. The summed E-state index contributed by atoms with van der Waals surface area (Å²) in [6.45, 7) is 0. The molecule has 0 amide bonds. The molecule has 0 aliphatic carbocycles. The molecule has 2 heterocycles. The Labute approximate surface area is 108 Å². The van der Waals surface area contributed by atoms with E-state index < -0.39 is 0 Å². The summed E-state index contributed by atoms with van der Waals surface area (Å²) in [6, 6.07) is 12.5. The second-order valence-electron chi connectivity index (χ2n) is 3.77. The quantitative estimate of drug-likeness (QED) is 0.663. The lowest BCUT2D eigenvalue weighted by molar-refractivity contribution is 0.103. The molecule has 0 aliphatic rings. The van der Waals surface area contributed by atoms with Crippen LogP contribution in [0, 0.1) is 0 Å². The highest BCUT2D eigenvalue weighted by Gasteiger charge is 2.14. The first-order valence-corrected chi connectivity index (χ1v) is 5.74. The number of benzene rings is 1. The molecular formula is C13H8ClN3O. The van der Waals surface area contributed by atoms with Gasteiger partial charge >= 0.3 is 0 Å². The lowest BCUT2D eigenvalue weighted by atomic mass is 10.0. The third kappa shape index (κ3) is 1.76. The fourth-order valence-corrected chi connectivity index (χ4v) is 1.96. The summed E-state index contributed by atoms with van der Waals surface area (Å²) in [7, 11) is 0. The maximum Gasteiger partial charge on any atom is 0.243 e. The van der Waals surface area contributed by atoms with E-state index >= 15 is 0 Å². The molecule has 3 rings (SSSR count). The number of pyridine rings is 1. The van der Waals surface area contributed by atoms with Gasteiger partial charge in [-0.05, 0) is 23.7 Å².